The Balaban J connectivity index is 1.92. The Morgan fingerprint density at radius 1 is 1.42 bits per heavy atom. The molecule has 1 aliphatic heterocycles. The lowest BCUT2D eigenvalue weighted by molar-refractivity contribution is -0.143. The molecule has 8 nitrogen and oxygen atoms in total. The summed E-state index contributed by atoms with van der Waals surface area (Å²) >= 11 is 6.20. The molecule has 0 saturated carbocycles. The van der Waals surface area contributed by atoms with Gasteiger partial charge in [0.2, 0.25) is 12.0 Å². The van der Waals surface area contributed by atoms with Crippen LogP contribution in [0.25, 0.3) is 0 Å². The molecule has 2 rings (SSSR count). The second-order valence-electron chi connectivity index (χ2n) is 5.72. The fraction of sp³-hybridized carbons (Fsp3) is 0.471. The van der Waals surface area contributed by atoms with Crippen LogP contribution in [0.4, 0.5) is 0 Å². The minimum Gasteiger partial charge on any atom is -0.497 e. The molecule has 1 atom stereocenters. The van der Waals surface area contributed by atoms with Crippen molar-refractivity contribution >= 4 is 29.1 Å². The molecule has 1 aromatic rings. The number of methoxy groups -OCH3 is 2. The van der Waals surface area contributed by atoms with E-state index in [0.717, 1.165) is 0 Å². The number of benzene rings is 1. The number of carbonyl (C=O) groups excluding carboxylic acids is 2. The molecule has 1 unspecified atom stereocenters. The fourth-order valence-corrected chi connectivity index (χ4v) is 2.64. The molecule has 1 aromatic carbocycles. The zero-order valence-electron chi connectivity index (χ0n) is 15.0. The molecule has 0 aromatic heterocycles. The maximum absolute atomic E-state index is 12.5. The first-order chi connectivity index (χ1) is 12.5. The van der Waals surface area contributed by atoms with E-state index in [-0.39, 0.29) is 24.8 Å². The van der Waals surface area contributed by atoms with Gasteiger partial charge in [-0.15, -0.1) is 0 Å². The van der Waals surface area contributed by atoms with Gasteiger partial charge >= 0.3 is 0 Å². The van der Waals surface area contributed by atoms with Crippen LogP contribution in [-0.2, 0) is 19.2 Å². The summed E-state index contributed by atoms with van der Waals surface area (Å²) in [6.07, 6.45) is -0.523. The van der Waals surface area contributed by atoms with Gasteiger partial charge in [0.1, 0.15) is 5.75 Å². The number of nitrogens with one attached hydrogen (secondary N) is 1. The van der Waals surface area contributed by atoms with E-state index >= 15 is 0 Å². The van der Waals surface area contributed by atoms with Gasteiger partial charge in [-0.05, 0) is 18.2 Å². The normalized spacial score (nSPS) is 15.8. The molecule has 1 aliphatic rings. The minimum atomic E-state index is -0.788. The number of rotatable bonds is 8. The highest BCUT2D eigenvalue weighted by atomic mass is 35.5. The molecule has 2 amide bonds. The lowest BCUT2D eigenvalue weighted by atomic mass is 10.0. The zero-order valence-corrected chi connectivity index (χ0v) is 15.7. The quantitative estimate of drug-likeness (QED) is 0.678. The Labute approximate surface area is 157 Å². The van der Waals surface area contributed by atoms with Gasteiger partial charge in [0.25, 0.3) is 5.91 Å². The van der Waals surface area contributed by atoms with Crippen molar-refractivity contribution in [1.29, 1.82) is 0 Å². The summed E-state index contributed by atoms with van der Waals surface area (Å²) in [5, 5.41) is 7.13. The van der Waals surface area contributed by atoms with Crippen molar-refractivity contribution in [2.75, 3.05) is 41.0 Å². The molecule has 9 heteroatoms. The van der Waals surface area contributed by atoms with Gasteiger partial charge in [0, 0.05) is 32.7 Å². The van der Waals surface area contributed by atoms with Crippen LogP contribution >= 0.6 is 11.6 Å². The van der Waals surface area contributed by atoms with Crippen LogP contribution in [0.15, 0.2) is 23.4 Å². The van der Waals surface area contributed by atoms with Gasteiger partial charge in [-0.25, -0.2) is 0 Å². The highest BCUT2D eigenvalue weighted by Crippen LogP contribution is 2.27. The van der Waals surface area contributed by atoms with Crippen LogP contribution in [0.2, 0.25) is 5.02 Å². The standard InChI is InChI=1S/C17H22ClN3O5/c1-21(10-16(22)19-6-7-24-2)17(23)15-9-14(20-26-15)12-8-11(25-3)4-5-13(12)18/h4-5,8,15H,6-7,9-10H2,1-3H3,(H,19,22). The van der Waals surface area contributed by atoms with Crippen molar-refractivity contribution in [2.24, 2.45) is 5.16 Å². The maximum Gasteiger partial charge on any atom is 0.267 e. The van der Waals surface area contributed by atoms with Crippen LogP contribution in [0.3, 0.4) is 0 Å². The first-order valence-corrected chi connectivity index (χ1v) is 8.41. The van der Waals surface area contributed by atoms with Crippen LogP contribution in [0, 0.1) is 0 Å². The van der Waals surface area contributed by atoms with Crippen molar-refractivity contribution in [2.45, 2.75) is 12.5 Å². The molecule has 0 aliphatic carbocycles. The highest BCUT2D eigenvalue weighted by molar-refractivity contribution is 6.34. The van der Waals surface area contributed by atoms with E-state index < -0.39 is 6.10 Å². The molecule has 0 saturated heterocycles. The number of likely N-dealkylation sites (N-methyl/N-ethyl adjacent to an activating group) is 1. The van der Waals surface area contributed by atoms with Gasteiger partial charge in [-0.1, -0.05) is 16.8 Å². The fourth-order valence-electron chi connectivity index (χ4n) is 2.41. The van der Waals surface area contributed by atoms with Gasteiger partial charge < -0.3 is 24.5 Å². The predicted octanol–water partition coefficient (Wildman–Crippen LogP) is 1.06. The van der Waals surface area contributed by atoms with Crippen molar-refractivity contribution in [1.82, 2.24) is 10.2 Å². The van der Waals surface area contributed by atoms with Crippen molar-refractivity contribution in [3.8, 4) is 5.75 Å². The molecule has 26 heavy (non-hydrogen) atoms. The second-order valence-corrected chi connectivity index (χ2v) is 6.13. The van der Waals surface area contributed by atoms with E-state index in [0.29, 0.717) is 35.2 Å². The average molecular weight is 384 g/mol. The van der Waals surface area contributed by atoms with E-state index in [2.05, 4.69) is 10.5 Å². The Kier molecular flexibility index (Phi) is 7.23. The summed E-state index contributed by atoms with van der Waals surface area (Å²) in [4.78, 5) is 30.8. The molecule has 0 bridgehead atoms. The molecular weight excluding hydrogens is 362 g/mol. The van der Waals surface area contributed by atoms with E-state index in [1.54, 1.807) is 32.4 Å². The third-order valence-corrected chi connectivity index (χ3v) is 4.14. The Hall–Kier alpha value is -2.32. The largest absolute Gasteiger partial charge is 0.497 e. The van der Waals surface area contributed by atoms with E-state index in [9.17, 15) is 9.59 Å². The predicted molar refractivity (Wildman–Crippen MR) is 96.6 cm³/mol. The lowest BCUT2D eigenvalue weighted by Crippen LogP contribution is -2.43. The summed E-state index contributed by atoms with van der Waals surface area (Å²) in [5.41, 5.74) is 1.21. The number of hydrogen-bond donors (Lipinski definition) is 1. The number of nitrogens with zero attached hydrogens (tertiary/aromatic N) is 2. The van der Waals surface area contributed by atoms with Gasteiger partial charge in [-0.2, -0.15) is 0 Å². The number of ether oxygens (including phenoxy) is 2. The number of amides is 2. The van der Waals surface area contributed by atoms with E-state index in [1.165, 1.54) is 11.9 Å². The van der Waals surface area contributed by atoms with Crippen LogP contribution in [0.1, 0.15) is 12.0 Å². The van der Waals surface area contributed by atoms with Crippen LogP contribution < -0.4 is 10.1 Å². The molecule has 0 radical (unpaired) electrons. The number of hydrogen-bond acceptors (Lipinski definition) is 6. The Bertz CT molecular complexity index is 695. The summed E-state index contributed by atoms with van der Waals surface area (Å²) < 4.78 is 10.0. The van der Waals surface area contributed by atoms with Crippen molar-refractivity contribution in [3.63, 3.8) is 0 Å². The average Bonchev–Trinajstić information content (AvgIpc) is 3.11. The molecule has 1 heterocycles. The topological polar surface area (TPSA) is 89.5 Å². The zero-order chi connectivity index (χ0) is 19.1. The molecule has 0 fully saturated rings. The van der Waals surface area contributed by atoms with Crippen LogP contribution in [-0.4, -0.2) is 69.5 Å². The van der Waals surface area contributed by atoms with Gasteiger partial charge in [-0.3, -0.25) is 9.59 Å². The summed E-state index contributed by atoms with van der Waals surface area (Å²) in [7, 11) is 4.64. The molecular formula is C17H22ClN3O5. The lowest BCUT2D eigenvalue weighted by Gasteiger charge is -2.19. The minimum absolute atomic E-state index is 0.0718. The molecule has 0 spiro atoms. The van der Waals surface area contributed by atoms with Crippen molar-refractivity contribution in [3.05, 3.63) is 28.8 Å². The summed E-state index contributed by atoms with van der Waals surface area (Å²) in [6, 6.07) is 5.18. The SMILES string of the molecule is COCCNC(=O)CN(C)C(=O)C1CC(c2cc(OC)ccc2Cl)=NO1. The number of carbonyl (C=O) groups is 2. The number of halogens is 1. The number of oxime groups is 1. The smallest absolute Gasteiger partial charge is 0.267 e. The summed E-state index contributed by atoms with van der Waals surface area (Å²) in [6.45, 7) is 0.726. The first-order valence-electron chi connectivity index (χ1n) is 8.03. The highest BCUT2D eigenvalue weighted by Gasteiger charge is 2.32. The van der Waals surface area contributed by atoms with E-state index in [4.69, 9.17) is 25.9 Å². The van der Waals surface area contributed by atoms with E-state index in [1.807, 2.05) is 0 Å². The van der Waals surface area contributed by atoms with Crippen LogP contribution in [0.5, 0.6) is 5.75 Å². The monoisotopic (exact) mass is 383 g/mol. The van der Waals surface area contributed by atoms with Gasteiger partial charge in [0.15, 0.2) is 0 Å². The summed E-state index contributed by atoms with van der Waals surface area (Å²) in [5.74, 6) is 0.0317. The third kappa shape index (κ3) is 5.09. The first kappa shape index (κ1) is 20.0. The Morgan fingerprint density at radius 3 is 2.88 bits per heavy atom. The second kappa shape index (κ2) is 9.40. The Morgan fingerprint density at radius 2 is 2.19 bits per heavy atom. The van der Waals surface area contributed by atoms with Crippen molar-refractivity contribution < 1.29 is 23.9 Å². The third-order valence-electron chi connectivity index (χ3n) is 3.81. The molecule has 142 valence electrons. The maximum atomic E-state index is 12.5. The van der Waals surface area contributed by atoms with Gasteiger partial charge in [0.05, 0.1) is 31.0 Å². The molecule has 1 N–H and O–H groups in total.